The van der Waals surface area contributed by atoms with Crippen LogP contribution in [0.2, 0.25) is 0 Å². The van der Waals surface area contributed by atoms with Crippen LogP contribution in [0.5, 0.6) is 0 Å². The van der Waals surface area contributed by atoms with E-state index in [1.165, 1.54) is 44.6 Å². The number of carbonyl (C=O) groups excluding carboxylic acids is 1. The van der Waals surface area contributed by atoms with Crippen molar-refractivity contribution in [1.29, 1.82) is 0 Å². The molecule has 5 rings (SSSR count). The van der Waals surface area contributed by atoms with Gasteiger partial charge in [-0.1, -0.05) is 77.2 Å². The summed E-state index contributed by atoms with van der Waals surface area (Å²) >= 11 is 0. The monoisotopic (exact) mass is 595 g/mol. The number of aryl methyl sites for hydroxylation is 1. The SMILES string of the molecule is CC(=O)O[C@H]1CC[C@@]2(C)C(=C/C(=N\S(=O)(=O)c3ccc(C)cc3)C3C2CC[C@]2(C)C([C@H](C)CCCC(C)C)CC[C@@H]32)C1. The van der Waals surface area contributed by atoms with E-state index < -0.39 is 10.0 Å². The number of benzene rings is 1. The number of hydrogen-bond acceptors (Lipinski definition) is 4. The lowest BCUT2D eigenvalue weighted by molar-refractivity contribution is -0.148. The minimum atomic E-state index is -3.86. The normalized spacial score (nSPS) is 36.1. The van der Waals surface area contributed by atoms with Gasteiger partial charge >= 0.3 is 5.97 Å². The van der Waals surface area contributed by atoms with E-state index in [9.17, 15) is 13.2 Å². The van der Waals surface area contributed by atoms with Gasteiger partial charge in [-0.25, -0.2) is 0 Å². The third-order valence-electron chi connectivity index (χ3n) is 12.0. The lowest BCUT2D eigenvalue weighted by atomic mass is 9.46. The average Bonchev–Trinajstić information content (AvgIpc) is 3.26. The fourth-order valence-corrected chi connectivity index (χ4v) is 10.8. The highest BCUT2D eigenvalue weighted by Crippen LogP contribution is 2.67. The summed E-state index contributed by atoms with van der Waals surface area (Å²) in [6.07, 6.45) is 13.0. The van der Waals surface area contributed by atoms with Gasteiger partial charge in [0.15, 0.2) is 0 Å². The Bertz CT molecular complexity index is 1330. The van der Waals surface area contributed by atoms with E-state index >= 15 is 0 Å². The molecule has 3 fully saturated rings. The third-order valence-corrected chi connectivity index (χ3v) is 13.3. The maximum atomic E-state index is 13.8. The first-order valence-corrected chi connectivity index (χ1v) is 18.0. The van der Waals surface area contributed by atoms with Gasteiger partial charge in [-0.3, -0.25) is 4.79 Å². The van der Waals surface area contributed by atoms with Crippen molar-refractivity contribution in [3.05, 3.63) is 41.5 Å². The van der Waals surface area contributed by atoms with Crippen LogP contribution >= 0.6 is 0 Å². The number of fused-ring (bicyclic) bond motifs is 5. The number of carbonyl (C=O) groups is 1. The van der Waals surface area contributed by atoms with Crippen LogP contribution in [0, 0.1) is 53.3 Å². The van der Waals surface area contributed by atoms with Gasteiger partial charge in [0.25, 0.3) is 10.0 Å². The molecule has 6 heteroatoms. The second-order valence-electron chi connectivity index (χ2n) is 15.1. The van der Waals surface area contributed by atoms with Crippen LogP contribution < -0.4 is 0 Å². The highest BCUT2D eigenvalue weighted by atomic mass is 32.2. The van der Waals surface area contributed by atoms with Crippen LogP contribution in [-0.2, 0) is 19.6 Å². The van der Waals surface area contributed by atoms with Gasteiger partial charge in [0, 0.05) is 19.3 Å². The van der Waals surface area contributed by atoms with Crippen molar-refractivity contribution < 1.29 is 17.9 Å². The van der Waals surface area contributed by atoms with E-state index in [-0.39, 0.29) is 33.7 Å². The fraction of sp³-hybridized carbons (Fsp3) is 0.722. The molecule has 42 heavy (non-hydrogen) atoms. The van der Waals surface area contributed by atoms with Gasteiger partial charge in [0.2, 0.25) is 0 Å². The molecule has 0 N–H and O–H groups in total. The molecule has 232 valence electrons. The van der Waals surface area contributed by atoms with E-state index in [2.05, 4.69) is 40.7 Å². The lowest BCUT2D eigenvalue weighted by Crippen LogP contribution is -2.54. The van der Waals surface area contributed by atoms with Crippen LogP contribution in [0.1, 0.15) is 111 Å². The summed E-state index contributed by atoms with van der Waals surface area (Å²) < 4.78 is 37.9. The smallest absolute Gasteiger partial charge is 0.302 e. The summed E-state index contributed by atoms with van der Waals surface area (Å²) in [5, 5.41) is 0. The zero-order valence-electron chi connectivity index (χ0n) is 27.0. The van der Waals surface area contributed by atoms with Crippen molar-refractivity contribution in [1.82, 2.24) is 0 Å². The summed E-state index contributed by atoms with van der Waals surface area (Å²) in [4.78, 5) is 12.1. The summed E-state index contributed by atoms with van der Waals surface area (Å²) in [5.41, 5.74) is 3.18. The first-order chi connectivity index (χ1) is 19.7. The summed E-state index contributed by atoms with van der Waals surface area (Å²) in [7, 11) is -3.86. The maximum absolute atomic E-state index is 13.8. The number of rotatable bonds is 8. The van der Waals surface area contributed by atoms with E-state index in [4.69, 9.17) is 9.13 Å². The number of sulfonamides is 1. The molecule has 0 heterocycles. The van der Waals surface area contributed by atoms with Crippen LogP contribution in [0.4, 0.5) is 0 Å². The lowest BCUT2D eigenvalue weighted by Gasteiger charge is -2.58. The van der Waals surface area contributed by atoms with Crippen molar-refractivity contribution in [3.63, 3.8) is 0 Å². The molecule has 0 radical (unpaired) electrons. The van der Waals surface area contributed by atoms with E-state index in [0.717, 1.165) is 42.9 Å². The number of esters is 1. The predicted octanol–water partition coefficient (Wildman–Crippen LogP) is 8.71. The standard InChI is InChI=1S/C36H53NO4S/c1-23(2)9-8-10-25(4)30-15-16-31-34-32(18-20-36(30,31)7)35(6)19-17-28(41-26(5)38)21-27(35)22-33(34)37-42(39,40)29-13-11-24(3)12-14-29/h11-14,22-23,25,28,30-32,34H,8-10,15-21H2,1-7H3/b37-33+/t25-,28+,30?,31+,32?,34?,35+,36-/m1/s1. The fourth-order valence-electron chi connectivity index (χ4n) is 9.74. The molecule has 0 saturated heterocycles. The first kappa shape index (κ1) is 31.5. The third kappa shape index (κ3) is 5.90. The zero-order valence-corrected chi connectivity index (χ0v) is 27.8. The molecule has 4 aliphatic carbocycles. The molecule has 3 unspecified atom stereocenters. The van der Waals surface area contributed by atoms with E-state index in [1.807, 2.05) is 19.1 Å². The highest BCUT2D eigenvalue weighted by molar-refractivity contribution is 7.90. The van der Waals surface area contributed by atoms with E-state index in [1.54, 1.807) is 12.1 Å². The minimum Gasteiger partial charge on any atom is -0.462 e. The molecule has 8 atom stereocenters. The highest BCUT2D eigenvalue weighted by Gasteiger charge is 2.61. The molecule has 0 amide bonds. The van der Waals surface area contributed by atoms with Crippen LogP contribution in [0.3, 0.4) is 0 Å². The summed E-state index contributed by atoms with van der Waals surface area (Å²) in [5.74, 6) is 2.77. The van der Waals surface area contributed by atoms with Crippen molar-refractivity contribution in [3.8, 4) is 0 Å². The number of nitrogens with zero attached hydrogens (tertiary/aromatic N) is 1. The van der Waals surface area contributed by atoms with Gasteiger partial charge in [-0.2, -0.15) is 12.8 Å². The largest absolute Gasteiger partial charge is 0.462 e. The summed E-state index contributed by atoms with van der Waals surface area (Å²) in [6.45, 7) is 15.5. The Morgan fingerprint density at radius 1 is 1.00 bits per heavy atom. The van der Waals surface area contributed by atoms with Crippen molar-refractivity contribution >= 4 is 21.7 Å². The second-order valence-corrected chi connectivity index (χ2v) is 16.7. The number of ether oxygens (including phenoxy) is 1. The topological polar surface area (TPSA) is 72.8 Å². The molecule has 4 aliphatic rings. The molecule has 3 saturated carbocycles. The number of allylic oxidation sites excluding steroid dienone is 1. The molecule has 5 nitrogen and oxygen atoms in total. The molecular weight excluding hydrogens is 542 g/mol. The van der Waals surface area contributed by atoms with Crippen molar-refractivity contribution in [2.24, 2.45) is 50.7 Å². The van der Waals surface area contributed by atoms with Crippen molar-refractivity contribution in [2.45, 2.75) is 124 Å². The van der Waals surface area contributed by atoms with E-state index in [0.29, 0.717) is 30.1 Å². The predicted molar refractivity (Wildman–Crippen MR) is 170 cm³/mol. The summed E-state index contributed by atoms with van der Waals surface area (Å²) in [6, 6.07) is 7.05. The van der Waals surface area contributed by atoms with Crippen LogP contribution in [0.15, 0.2) is 45.2 Å². The molecule has 1 aromatic carbocycles. The van der Waals surface area contributed by atoms with Crippen molar-refractivity contribution in [2.75, 3.05) is 0 Å². The molecule has 0 bridgehead atoms. The Kier molecular flexibility index (Phi) is 8.89. The van der Waals surface area contributed by atoms with Crippen LogP contribution in [0.25, 0.3) is 0 Å². The molecule has 0 aromatic heterocycles. The Hall–Kier alpha value is -1.95. The molecule has 1 aromatic rings. The Morgan fingerprint density at radius 3 is 2.38 bits per heavy atom. The second kappa shape index (κ2) is 11.9. The molecular formula is C36H53NO4S. The minimum absolute atomic E-state index is 0.0176. The zero-order chi connectivity index (χ0) is 30.4. The van der Waals surface area contributed by atoms with Gasteiger partial charge in [0.1, 0.15) is 6.10 Å². The van der Waals surface area contributed by atoms with Gasteiger partial charge < -0.3 is 4.74 Å². The Morgan fingerprint density at radius 2 is 1.71 bits per heavy atom. The van der Waals surface area contributed by atoms with Gasteiger partial charge in [0.05, 0.1) is 10.6 Å². The van der Waals surface area contributed by atoms with Crippen LogP contribution in [-0.4, -0.2) is 26.2 Å². The average molecular weight is 596 g/mol. The molecule has 0 aliphatic heterocycles. The Balaban J connectivity index is 1.54. The maximum Gasteiger partial charge on any atom is 0.302 e. The van der Waals surface area contributed by atoms with Gasteiger partial charge in [-0.05, 0) is 104 Å². The quantitative estimate of drug-likeness (QED) is 0.282. The van der Waals surface area contributed by atoms with Gasteiger partial charge in [-0.15, -0.1) is 0 Å². The number of hydrogen-bond donors (Lipinski definition) is 0. The molecule has 0 spiro atoms. The first-order valence-electron chi connectivity index (χ1n) is 16.5. The Labute approximate surface area is 255 Å².